The third kappa shape index (κ3) is 2.64. The standard InChI is InChI=1S/C13H19BrN2/c1-5-8(3)16-13-10(6-2)7-11(15)9(4)12(13)14/h6-8H,5,15H2,1-4H3/b10-6-,16-13?. The van der Waals surface area contributed by atoms with Gasteiger partial charge in [0, 0.05) is 16.2 Å². The monoisotopic (exact) mass is 282 g/mol. The molecule has 0 spiro atoms. The Morgan fingerprint density at radius 3 is 2.69 bits per heavy atom. The number of halogens is 1. The summed E-state index contributed by atoms with van der Waals surface area (Å²) in [6.07, 6.45) is 5.07. The Kier molecular flexibility index (Phi) is 4.54. The van der Waals surface area contributed by atoms with Crippen molar-refractivity contribution in [1.29, 1.82) is 0 Å². The number of hydrogen-bond acceptors (Lipinski definition) is 2. The zero-order chi connectivity index (χ0) is 12.3. The van der Waals surface area contributed by atoms with Crippen LogP contribution in [-0.4, -0.2) is 11.8 Å². The van der Waals surface area contributed by atoms with E-state index < -0.39 is 0 Å². The number of hydrogen-bond donors (Lipinski definition) is 1. The van der Waals surface area contributed by atoms with Crippen LogP contribution >= 0.6 is 15.9 Å². The van der Waals surface area contributed by atoms with Crippen molar-refractivity contribution in [2.75, 3.05) is 0 Å². The maximum absolute atomic E-state index is 5.94. The molecule has 0 bridgehead atoms. The molecule has 0 heterocycles. The molecule has 88 valence electrons. The van der Waals surface area contributed by atoms with E-state index in [0.29, 0.717) is 6.04 Å². The first-order chi connectivity index (χ1) is 7.51. The minimum absolute atomic E-state index is 0.332. The van der Waals surface area contributed by atoms with E-state index in [0.717, 1.165) is 33.5 Å². The normalized spacial score (nSPS) is 23.9. The first kappa shape index (κ1) is 13.2. The Hall–Kier alpha value is -0.830. The van der Waals surface area contributed by atoms with Crippen molar-refractivity contribution in [2.45, 2.75) is 40.2 Å². The van der Waals surface area contributed by atoms with Crippen LogP contribution in [0.5, 0.6) is 0 Å². The Balaban J connectivity index is 3.23. The number of rotatable bonds is 2. The lowest BCUT2D eigenvalue weighted by molar-refractivity contribution is 0.718. The molecule has 0 amide bonds. The average Bonchev–Trinajstić information content (AvgIpc) is 2.29. The summed E-state index contributed by atoms with van der Waals surface area (Å²) in [4.78, 5) is 4.72. The molecule has 0 radical (unpaired) electrons. The maximum Gasteiger partial charge on any atom is 0.0792 e. The van der Waals surface area contributed by atoms with Crippen molar-refractivity contribution in [3.8, 4) is 0 Å². The molecule has 0 aromatic heterocycles. The zero-order valence-electron chi connectivity index (χ0n) is 10.3. The van der Waals surface area contributed by atoms with Crippen LogP contribution in [0.4, 0.5) is 0 Å². The van der Waals surface area contributed by atoms with Gasteiger partial charge in [0.15, 0.2) is 0 Å². The van der Waals surface area contributed by atoms with E-state index in [-0.39, 0.29) is 0 Å². The highest BCUT2D eigenvalue weighted by Crippen LogP contribution is 2.28. The highest BCUT2D eigenvalue weighted by atomic mass is 79.9. The van der Waals surface area contributed by atoms with Crippen LogP contribution in [0.2, 0.25) is 0 Å². The highest BCUT2D eigenvalue weighted by Gasteiger charge is 2.18. The fraction of sp³-hybridized carbons (Fsp3) is 0.462. The second-order valence-electron chi connectivity index (χ2n) is 4.02. The summed E-state index contributed by atoms with van der Waals surface area (Å²) in [5.74, 6) is 0. The van der Waals surface area contributed by atoms with E-state index >= 15 is 0 Å². The van der Waals surface area contributed by atoms with Crippen LogP contribution in [0.25, 0.3) is 0 Å². The minimum Gasteiger partial charge on any atom is -0.398 e. The van der Waals surface area contributed by atoms with Crippen LogP contribution in [0.3, 0.4) is 0 Å². The van der Waals surface area contributed by atoms with E-state index in [1.807, 2.05) is 26.0 Å². The second-order valence-corrected chi connectivity index (χ2v) is 4.81. The summed E-state index contributed by atoms with van der Waals surface area (Å²) in [5.41, 5.74) is 9.92. The molecule has 2 N–H and O–H groups in total. The van der Waals surface area contributed by atoms with Crippen LogP contribution in [0.1, 0.15) is 34.1 Å². The fourth-order valence-corrected chi connectivity index (χ4v) is 2.00. The van der Waals surface area contributed by atoms with E-state index in [4.69, 9.17) is 10.7 Å². The van der Waals surface area contributed by atoms with Gasteiger partial charge < -0.3 is 5.73 Å². The van der Waals surface area contributed by atoms with Gasteiger partial charge in [-0.2, -0.15) is 0 Å². The largest absolute Gasteiger partial charge is 0.398 e. The second kappa shape index (κ2) is 5.48. The lowest BCUT2D eigenvalue weighted by atomic mass is 9.98. The lowest BCUT2D eigenvalue weighted by Gasteiger charge is -2.18. The van der Waals surface area contributed by atoms with Gasteiger partial charge in [-0.25, -0.2) is 0 Å². The molecule has 0 aliphatic heterocycles. The quantitative estimate of drug-likeness (QED) is 0.824. The summed E-state index contributed by atoms with van der Waals surface area (Å²) in [5, 5.41) is 0. The number of nitrogens with zero attached hydrogens (tertiary/aromatic N) is 1. The summed E-state index contributed by atoms with van der Waals surface area (Å²) in [6.45, 7) is 8.28. The predicted octanol–water partition coefficient (Wildman–Crippen LogP) is 3.70. The van der Waals surface area contributed by atoms with Crippen molar-refractivity contribution in [1.82, 2.24) is 0 Å². The van der Waals surface area contributed by atoms with Gasteiger partial charge in [0.1, 0.15) is 0 Å². The smallest absolute Gasteiger partial charge is 0.0792 e. The molecule has 16 heavy (non-hydrogen) atoms. The molecular formula is C13H19BrN2. The number of nitrogens with two attached hydrogens (primary N) is 1. The summed E-state index contributed by atoms with van der Waals surface area (Å²) in [7, 11) is 0. The summed E-state index contributed by atoms with van der Waals surface area (Å²) < 4.78 is 1.01. The minimum atomic E-state index is 0.332. The Bertz CT molecular complexity index is 400. The maximum atomic E-state index is 5.94. The fourth-order valence-electron chi connectivity index (χ4n) is 1.44. The molecule has 2 nitrogen and oxygen atoms in total. The zero-order valence-corrected chi connectivity index (χ0v) is 11.9. The third-order valence-corrected chi connectivity index (χ3v) is 3.78. The SMILES string of the molecule is C/C=C1/C=C(N)C(C)=C(Br)C1=NC(C)CC. The van der Waals surface area contributed by atoms with Crippen molar-refractivity contribution in [3.05, 3.63) is 33.5 Å². The van der Waals surface area contributed by atoms with Crippen LogP contribution < -0.4 is 5.73 Å². The molecule has 3 heteroatoms. The molecule has 0 fully saturated rings. The van der Waals surface area contributed by atoms with Gasteiger partial charge in [-0.3, -0.25) is 4.99 Å². The van der Waals surface area contributed by atoms with Gasteiger partial charge >= 0.3 is 0 Å². The van der Waals surface area contributed by atoms with Crippen molar-refractivity contribution < 1.29 is 0 Å². The molecule has 1 atom stereocenters. The van der Waals surface area contributed by atoms with E-state index in [1.54, 1.807) is 0 Å². The molecule has 0 saturated carbocycles. The van der Waals surface area contributed by atoms with Gasteiger partial charge in [-0.05, 0) is 60.3 Å². The predicted molar refractivity (Wildman–Crippen MR) is 74.8 cm³/mol. The molecule has 1 rings (SSSR count). The number of allylic oxidation sites excluding steroid dienone is 5. The average molecular weight is 283 g/mol. The summed E-state index contributed by atoms with van der Waals surface area (Å²) in [6, 6.07) is 0.332. The third-order valence-electron chi connectivity index (χ3n) is 2.81. The molecule has 0 aromatic carbocycles. The van der Waals surface area contributed by atoms with Crippen molar-refractivity contribution in [3.63, 3.8) is 0 Å². The van der Waals surface area contributed by atoms with Gasteiger partial charge in [0.25, 0.3) is 0 Å². The van der Waals surface area contributed by atoms with E-state index in [2.05, 4.69) is 29.8 Å². The molecule has 0 saturated heterocycles. The van der Waals surface area contributed by atoms with Crippen LogP contribution in [-0.2, 0) is 0 Å². The van der Waals surface area contributed by atoms with Crippen LogP contribution in [0.15, 0.2) is 38.5 Å². The Morgan fingerprint density at radius 1 is 1.56 bits per heavy atom. The highest BCUT2D eigenvalue weighted by molar-refractivity contribution is 9.12. The van der Waals surface area contributed by atoms with Gasteiger partial charge in [-0.1, -0.05) is 13.0 Å². The molecule has 1 aliphatic carbocycles. The van der Waals surface area contributed by atoms with Crippen molar-refractivity contribution >= 4 is 21.6 Å². The van der Waals surface area contributed by atoms with Crippen LogP contribution in [0, 0.1) is 0 Å². The Labute approximate surface area is 106 Å². The van der Waals surface area contributed by atoms with E-state index in [1.165, 1.54) is 0 Å². The van der Waals surface area contributed by atoms with Gasteiger partial charge in [0.2, 0.25) is 0 Å². The lowest BCUT2D eigenvalue weighted by Crippen LogP contribution is -2.16. The molecular weight excluding hydrogens is 264 g/mol. The Morgan fingerprint density at radius 2 is 2.19 bits per heavy atom. The van der Waals surface area contributed by atoms with Crippen molar-refractivity contribution in [2.24, 2.45) is 10.7 Å². The molecule has 1 aliphatic rings. The summed E-state index contributed by atoms with van der Waals surface area (Å²) >= 11 is 3.59. The van der Waals surface area contributed by atoms with Gasteiger partial charge in [-0.15, -0.1) is 0 Å². The first-order valence-electron chi connectivity index (χ1n) is 5.60. The topological polar surface area (TPSA) is 38.4 Å². The van der Waals surface area contributed by atoms with E-state index in [9.17, 15) is 0 Å². The van der Waals surface area contributed by atoms with Gasteiger partial charge in [0.05, 0.1) is 5.71 Å². The number of aliphatic imine (C=N–C) groups is 1. The first-order valence-corrected chi connectivity index (χ1v) is 6.39. The molecule has 1 unspecified atom stereocenters. The molecule has 0 aromatic rings.